The standard InChI is InChI=1S/C20H23BrN4O4S/c1-10(2)17(24-20(27)28-3)19(26)25-6-4-5-12(25)18-22-9-11(23-18)14-7-13-15(30-14)8-16(21)29-13/h7-10,12,17H,4-6H2,1-3H3,(H,22,23)(H,24,27)/t12-,17?/m0/s1. The Kier molecular flexibility index (Phi) is 5.88. The van der Waals surface area contributed by atoms with Gasteiger partial charge in [-0.15, -0.1) is 11.3 Å². The van der Waals surface area contributed by atoms with Crippen molar-refractivity contribution in [1.29, 1.82) is 0 Å². The van der Waals surface area contributed by atoms with E-state index >= 15 is 0 Å². The lowest BCUT2D eigenvalue weighted by Gasteiger charge is -2.29. The molecule has 1 unspecified atom stereocenters. The normalized spacial score (nSPS) is 17.6. The number of imidazole rings is 1. The highest BCUT2D eigenvalue weighted by molar-refractivity contribution is 9.10. The van der Waals surface area contributed by atoms with E-state index in [4.69, 9.17) is 9.40 Å². The van der Waals surface area contributed by atoms with Crippen molar-refractivity contribution in [3.63, 3.8) is 0 Å². The number of thiophene rings is 1. The summed E-state index contributed by atoms with van der Waals surface area (Å²) in [5.41, 5.74) is 1.64. The fraction of sp³-hybridized carbons (Fsp3) is 0.450. The van der Waals surface area contributed by atoms with Crippen molar-refractivity contribution in [2.75, 3.05) is 13.7 Å². The molecule has 0 bridgehead atoms. The van der Waals surface area contributed by atoms with Crippen molar-refractivity contribution in [2.24, 2.45) is 5.92 Å². The number of hydrogen-bond donors (Lipinski definition) is 2. The number of likely N-dealkylation sites (tertiary alicyclic amines) is 1. The summed E-state index contributed by atoms with van der Waals surface area (Å²) in [4.78, 5) is 35.7. The summed E-state index contributed by atoms with van der Waals surface area (Å²) in [7, 11) is 1.29. The molecule has 160 valence electrons. The molecule has 10 heteroatoms. The molecule has 3 aromatic rings. The molecule has 1 fully saturated rings. The second-order valence-corrected chi connectivity index (χ2v) is 9.47. The average Bonchev–Trinajstić information content (AvgIpc) is 3.46. The lowest BCUT2D eigenvalue weighted by molar-refractivity contribution is -0.135. The van der Waals surface area contributed by atoms with Crippen LogP contribution in [0.25, 0.3) is 20.9 Å². The summed E-state index contributed by atoms with van der Waals surface area (Å²) in [5, 5.41) is 2.67. The highest BCUT2D eigenvalue weighted by atomic mass is 79.9. The van der Waals surface area contributed by atoms with Crippen LogP contribution in [0, 0.1) is 5.92 Å². The fourth-order valence-corrected chi connectivity index (χ4v) is 5.29. The first-order valence-electron chi connectivity index (χ1n) is 9.77. The van der Waals surface area contributed by atoms with Crippen molar-refractivity contribution in [1.82, 2.24) is 20.2 Å². The number of furan rings is 1. The predicted octanol–water partition coefficient (Wildman–Crippen LogP) is 4.69. The van der Waals surface area contributed by atoms with E-state index in [0.29, 0.717) is 11.2 Å². The lowest BCUT2D eigenvalue weighted by atomic mass is 10.0. The molecule has 0 radical (unpaired) electrons. The number of aromatic amines is 1. The zero-order chi connectivity index (χ0) is 21.4. The van der Waals surface area contributed by atoms with Gasteiger partial charge in [0.2, 0.25) is 5.91 Å². The number of methoxy groups -OCH3 is 1. The number of hydrogen-bond acceptors (Lipinski definition) is 6. The van der Waals surface area contributed by atoms with E-state index in [1.807, 2.05) is 32.2 Å². The number of amides is 2. The summed E-state index contributed by atoms with van der Waals surface area (Å²) in [6.07, 6.45) is 2.96. The van der Waals surface area contributed by atoms with Gasteiger partial charge in [-0.05, 0) is 34.7 Å². The lowest BCUT2D eigenvalue weighted by Crippen LogP contribution is -2.51. The first kappa shape index (κ1) is 20.9. The minimum absolute atomic E-state index is 0.0640. The molecule has 30 heavy (non-hydrogen) atoms. The maximum absolute atomic E-state index is 13.2. The van der Waals surface area contributed by atoms with Gasteiger partial charge in [0.15, 0.2) is 4.67 Å². The zero-order valence-electron chi connectivity index (χ0n) is 16.9. The Morgan fingerprint density at radius 2 is 2.23 bits per heavy atom. The quantitative estimate of drug-likeness (QED) is 0.535. The van der Waals surface area contributed by atoms with Gasteiger partial charge in [0.05, 0.1) is 28.4 Å². The highest BCUT2D eigenvalue weighted by Crippen LogP contribution is 2.37. The molecule has 2 N–H and O–H groups in total. The van der Waals surface area contributed by atoms with Gasteiger partial charge in [0.25, 0.3) is 0 Å². The second kappa shape index (κ2) is 8.43. The molecule has 4 rings (SSSR count). The van der Waals surface area contributed by atoms with Crippen molar-refractivity contribution < 1.29 is 18.7 Å². The van der Waals surface area contributed by atoms with E-state index in [9.17, 15) is 9.59 Å². The van der Waals surface area contributed by atoms with Gasteiger partial charge in [0.1, 0.15) is 17.4 Å². The molecule has 1 aliphatic rings. The van der Waals surface area contributed by atoms with E-state index in [0.717, 1.165) is 39.5 Å². The average molecular weight is 495 g/mol. The largest absolute Gasteiger partial charge is 0.453 e. The summed E-state index contributed by atoms with van der Waals surface area (Å²) < 4.78 is 12.0. The van der Waals surface area contributed by atoms with Crippen molar-refractivity contribution in [2.45, 2.75) is 38.8 Å². The fourth-order valence-electron chi connectivity index (χ4n) is 3.76. The monoisotopic (exact) mass is 494 g/mol. The van der Waals surface area contributed by atoms with Crippen LogP contribution >= 0.6 is 27.3 Å². The molecular formula is C20H23BrN4O4S. The first-order chi connectivity index (χ1) is 14.4. The molecular weight excluding hydrogens is 472 g/mol. The number of aromatic nitrogens is 2. The number of nitrogens with one attached hydrogen (secondary N) is 2. The topological polar surface area (TPSA) is 100 Å². The second-order valence-electron chi connectivity index (χ2n) is 7.61. The Balaban J connectivity index is 1.55. The van der Waals surface area contributed by atoms with Gasteiger partial charge in [-0.3, -0.25) is 4.79 Å². The minimum atomic E-state index is -0.643. The number of carbonyl (C=O) groups excluding carboxylic acids is 2. The number of halogens is 1. The maximum atomic E-state index is 13.2. The van der Waals surface area contributed by atoms with Crippen molar-refractivity contribution >= 4 is 49.6 Å². The summed E-state index contributed by atoms with van der Waals surface area (Å²) in [5.74, 6) is 0.572. The predicted molar refractivity (Wildman–Crippen MR) is 117 cm³/mol. The van der Waals surface area contributed by atoms with Crippen LogP contribution in [0.1, 0.15) is 38.6 Å². The molecule has 2 amide bonds. The van der Waals surface area contributed by atoms with Gasteiger partial charge in [-0.2, -0.15) is 0 Å². The molecule has 1 saturated heterocycles. The number of fused-ring (bicyclic) bond motifs is 1. The van der Waals surface area contributed by atoms with Crippen molar-refractivity contribution in [3.05, 3.63) is 28.8 Å². The van der Waals surface area contributed by atoms with Crippen LogP contribution in [0.3, 0.4) is 0 Å². The van der Waals surface area contributed by atoms with Gasteiger partial charge in [-0.25, -0.2) is 9.78 Å². The Labute approximate surface area is 186 Å². The van der Waals surface area contributed by atoms with Crippen LogP contribution in [-0.4, -0.2) is 46.6 Å². The van der Waals surface area contributed by atoms with Gasteiger partial charge < -0.3 is 24.4 Å². The van der Waals surface area contributed by atoms with Crippen molar-refractivity contribution in [3.8, 4) is 10.6 Å². The molecule has 0 saturated carbocycles. The molecule has 0 aromatic carbocycles. The van der Waals surface area contributed by atoms with Crippen LogP contribution in [0.4, 0.5) is 4.79 Å². The van der Waals surface area contributed by atoms with E-state index in [1.54, 1.807) is 16.2 Å². The van der Waals surface area contributed by atoms with E-state index in [-0.39, 0.29) is 17.9 Å². The highest BCUT2D eigenvalue weighted by Gasteiger charge is 2.37. The third kappa shape index (κ3) is 3.98. The summed E-state index contributed by atoms with van der Waals surface area (Å²) >= 11 is 4.95. The van der Waals surface area contributed by atoms with Crippen LogP contribution in [0.5, 0.6) is 0 Å². The number of rotatable bonds is 5. The third-order valence-corrected chi connectivity index (χ3v) is 6.75. The SMILES string of the molecule is COC(=O)NC(C(=O)N1CCC[C@H]1c1nc(-c2cc3oc(Br)cc3s2)c[nH]1)C(C)C. The third-order valence-electron chi connectivity index (χ3n) is 5.27. The van der Waals surface area contributed by atoms with Gasteiger partial charge in [0, 0.05) is 24.9 Å². The summed E-state index contributed by atoms with van der Waals surface area (Å²) in [6, 6.07) is 3.12. The van der Waals surface area contributed by atoms with E-state index in [1.165, 1.54) is 7.11 Å². The number of H-pyrrole nitrogens is 1. The van der Waals surface area contributed by atoms with E-state index < -0.39 is 12.1 Å². The molecule has 8 nitrogen and oxygen atoms in total. The Hall–Kier alpha value is -2.33. The number of nitrogens with zero attached hydrogens (tertiary/aromatic N) is 2. The van der Waals surface area contributed by atoms with Gasteiger partial charge >= 0.3 is 6.09 Å². The molecule has 2 atom stereocenters. The number of carbonyl (C=O) groups is 2. The number of alkyl carbamates (subject to hydrolysis) is 1. The van der Waals surface area contributed by atoms with Gasteiger partial charge in [-0.1, -0.05) is 13.8 Å². The van der Waals surface area contributed by atoms with Crippen LogP contribution in [0.15, 0.2) is 27.4 Å². The zero-order valence-corrected chi connectivity index (χ0v) is 19.3. The smallest absolute Gasteiger partial charge is 0.407 e. The Morgan fingerprint density at radius 3 is 2.93 bits per heavy atom. The summed E-state index contributed by atoms with van der Waals surface area (Å²) in [6.45, 7) is 4.43. The maximum Gasteiger partial charge on any atom is 0.407 e. The molecule has 3 aromatic heterocycles. The molecule has 0 aliphatic carbocycles. The van der Waals surface area contributed by atoms with Crippen LogP contribution in [-0.2, 0) is 9.53 Å². The van der Waals surface area contributed by atoms with Crippen LogP contribution < -0.4 is 5.32 Å². The molecule has 1 aliphatic heterocycles. The van der Waals surface area contributed by atoms with Crippen LogP contribution in [0.2, 0.25) is 0 Å². The minimum Gasteiger partial charge on any atom is -0.453 e. The number of ether oxygens (including phenoxy) is 1. The Bertz CT molecular complexity index is 1040. The molecule has 0 spiro atoms. The first-order valence-corrected chi connectivity index (χ1v) is 11.4. The molecule has 4 heterocycles. The van der Waals surface area contributed by atoms with E-state index in [2.05, 4.69) is 31.0 Å². The Morgan fingerprint density at radius 1 is 1.43 bits per heavy atom.